The molecule has 0 N–H and O–H groups in total. The number of alkyl halides is 1. The normalized spacial score (nSPS) is 11.1. The number of hydrogen-bond donors (Lipinski definition) is 0. The lowest BCUT2D eigenvalue weighted by Gasteiger charge is -2.09. The molecule has 1 heterocycles. The predicted molar refractivity (Wildman–Crippen MR) is 69.7 cm³/mol. The molecule has 90 valence electrons. The first-order valence-electron chi connectivity index (χ1n) is 5.70. The van der Waals surface area contributed by atoms with E-state index < -0.39 is 0 Å². The zero-order valence-corrected chi connectivity index (χ0v) is 11.1. The highest BCUT2D eigenvalue weighted by Gasteiger charge is 2.09. The Labute approximate surface area is 106 Å². The molecule has 0 spiro atoms. The standard InChI is InChI=1S/C13H16ClN3/c1-9(2)11-4-6-12(7-5-11)17-10(3)15-16-13(17)8-14/h4-7,9H,8H2,1-3H3. The van der Waals surface area contributed by atoms with Crippen molar-refractivity contribution in [3.8, 4) is 5.69 Å². The van der Waals surface area contributed by atoms with Crippen molar-refractivity contribution in [3.05, 3.63) is 41.5 Å². The van der Waals surface area contributed by atoms with Gasteiger partial charge < -0.3 is 0 Å². The second-order valence-corrected chi connectivity index (χ2v) is 4.65. The van der Waals surface area contributed by atoms with Gasteiger partial charge in [-0.1, -0.05) is 26.0 Å². The van der Waals surface area contributed by atoms with Crippen LogP contribution in [0, 0.1) is 6.92 Å². The maximum atomic E-state index is 5.85. The smallest absolute Gasteiger partial charge is 0.152 e. The molecular weight excluding hydrogens is 234 g/mol. The zero-order valence-electron chi connectivity index (χ0n) is 10.3. The predicted octanol–water partition coefficient (Wildman–Crippen LogP) is 3.44. The molecule has 0 radical (unpaired) electrons. The number of aryl methyl sites for hydroxylation is 1. The zero-order chi connectivity index (χ0) is 12.4. The van der Waals surface area contributed by atoms with Crippen LogP contribution in [0.4, 0.5) is 0 Å². The first-order valence-corrected chi connectivity index (χ1v) is 6.24. The molecule has 3 nitrogen and oxygen atoms in total. The minimum Gasteiger partial charge on any atom is -0.282 e. The van der Waals surface area contributed by atoms with Crippen molar-refractivity contribution in [1.29, 1.82) is 0 Å². The molecule has 4 heteroatoms. The molecular formula is C13H16ClN3. The van der Waals surface area contributed by atoms with Gasteiger partial charge in [-0.3, -0.25) is 4.57 Å². The van der Waals surface area contributed by atoms with E-state index >= 15 is 0 Å². The molecule has 0 saturated heterocycles. The lowest BCUT2D eigenvalue weighted by Crippen LogP contribution is -2.01. The lowest BCUT2D eigenvalue weighted by molar-refractivity contribution is 0.862. The Morgan fingerprint density at radius 2 is 1.82 bits per heavy atom. The summed E-state index contributed by atoms with van der Waals surface area (Å²) in [5, 5.41) is 8.10. The number of rotatable bonds is 3. The molecule has 0 bridgehead atoms. The summed E-state index contributed by atoms with van der Waals surface area (Å²) in [6.07, 6.45) is 0. The minimum atomic E-state index is 0.368. The van der Waals surface area contributed by atoms with Gasteiger partial charge >= 0.3 is 0 Å². The Morgan fingerprint density at radius 3 is 2.35 bits per heavy atom. The van der Waals surface area contributed by atoms with Crippen molar-refractivity contribution in [2.45, 2.75) is 32.6 Å². The summed E-state index contributed by atoms with van der Waals surface area (Å²) < 4.78 is 1.98. The van der Waals surface area contributed by atoms with Gasteiger partial charge in [-0.2, -0.15) is 0 Å². The molecule has 0 atom stereocenters. The summed E-state index contributed by atoms with van der Waals surface area (Å²) >= 11 is 5.85. The van der Waals surface area contributed by atoms with Crippen LogP contribution in [-0.4, -0.2) is 14.8 Å². The Bertz CT molecular complexity index is 500. The van der Waals surface area contributed by atoms with Gasteiger partial charge in [0.15, 0.2) is 5.82 Å². The molecule has 0 aliphatic carbocycles. The van der Waals surface area contributed by atoms with Gasteiger partial charge in [0.2, 0.25) is 0 Å². The van der Waals surface area contributed by atoms with Gasteiger partial charge in [-0.05, 0) is 30.5 Å². The van der Waals surface area contributed by atoms with Crippen molar-refractivity contribution in [3.63, 3.8) is 0 Å². The molecule has 0 unspecified atom stereocenters. The van der Waals surface area contributed by atoms with Crippen LogP contribution in [0.5, 0.6) is 0 Å². The Kier molecular flexibility index (Phi) is 3.48. The summed E-state index contributed by atoms with van der Waals surface area (Å²) in [5.41, 5.74) is 2.39. The summed E-state index contributed by atoms with van der Waals surface area (Å²) in [4.78, 5) is 0. The third-order valence-electron chi connectivity index (χ3n) is 2.83. The second-order valence-electron chi connectivity index (χ2n) is 4.38. The molecule has 2 aromatic rings. The van der Waals surface area contributed by atoms with Gasteiger partial charge in [0.1, 0.15) is 5.82 Å². The van der Waals surface area contributed by atoms with E-state index in [1.807, 2.05) is 11.5 Å². The first-order chi connectivity index (χ1) is 8.13. The van der Waals surface area contributed by atoms with Crippen molar-refractivity contribution in [2.24, 2.45) is 0 Å². The number of aromatic nitrogens is 3. The average Bonchev–Trinajstić information content (AvgIpc) is 2.70. The van der Waals surface area contributed by atoms with Gasteiger partial charge in [-0.15, -0.1) is 21.8 Å². The fraction of sp³-hybridized carbons (Fsp3) is 0.385. The van der Waals surface area contributed by atoms with Gasteiger partial charge in [-0.25, -0.2) is 0 Å². The Morgan fingerprint density at radius 1 is 1.18 bits per heavy atom. The number of hydrogen-bond acceptors (Lipinski definition) is 2. The Balaban J connectivity index is 2.42. The van der Waals surface area contributed by atoms with Crippen LogP contribution in [-0.2, 0) is 5.88 Å². The van der Waals surface area contributed by atoms with E-state index in [1.165, 1.54) is 5.56 Å². The largest absolute Gasteiger partial charge is 0.282 e. The van der Waals surface area contributed by atoms with Crippen LogP contribution in [0.15, 0.2) is 24.3 Å². The van der Waals surface area contributed by atoms with Crippen LogP contribution in [0.1, 0.15) is 37.0 Å². The molecule has 0 fully saturated rings. The van der Waals surface area contributed by atoms with E-state index in [2.05, 4.69) is 48.3 Å². The van der Waals surface area contributed by atoms with Crippen molar-refractivity contribution in [2.75, 3.05) is 0 Å². The molecule has 0 aliphatic rings. The molecule has 0 amide bonds. The third kappa shape index (κ3) is 2.34. The summed E-state index contributed by atoms with van der Waals surface area (Å²) in [6.45, 7) is 6.30. The first kappa shape index (κ1) is 12.1. The fourth-order valence-electron chi connectivity index (χ4n) is 1.84. The SMILES string of the molecule is Cc1nnc(CCl)n1-c1ccc(C(C)C)cc1. The van der Waals surface area contributed by atoms with Gasteiger partial charge in [0.25, 0.3) is 0 Å². The molecule has 0 aliphatic heterocycles. The van der Waals surface area contributed by atoms with Crippen molar-refractivity contribution < 1.29 is 0 Å². The highest BCUT2D eigenvalue weighted by atomic mass is 35.5. The maximum absolute atomic E-state index is 5.85. The molecule has 17 heavy (non-hydrogen) atoms. The van der Waals surface area contributed by atoms with Gasteiger partial charge in [0, 0.05) is 5.69 Å². The number of halogens is 1. The molecule has 0 saturated carbocycles. The van der Waals surface area contributed by atoms with E-state index in [-0.39, 0.29) is 0 Å². The minimum absolute atomic E-state index is 0.368. The van der Waals surface area contributed by atoms with Crippen LogP contribution in [0.3, 0.4) is 0 Å². The van der Waals surface area contributed by atoms with Crippen LogP contribution < -0.4 is 0 Å². The highest BCUT2D eigenvalue weighted by Crippen LogP contribution is 2.19. The monoisotopic (exact) mass is 249 g/mol. The molecule has 1 aromatic carbocycles. The van der Waals surface area contributed by atoms with E-state index in [1.54, 1.807) is 0 Å². The quantitative estimate of drug-likeness (QED) is 0.781. The average molecular weight is 250 g/mol. The van der Waals surface area contributed by atoms with Crippen molar-refractivity contribution >= 4 is 11.6 Å². The molecule has 1 aromatic heterocycles. The highest BCUT2D eigenvalue weighted by molar-refractivity contribution is 6.16. The topological polar surface area (TPSA) is 30.7 Å². The third-order valence-corrected chi connectivity index (χ3v) is 3.07. The molecule has 2 rings (SSSR count). The van der Waals surface area contributed by atoms with Crippen LogP contribution >= 0.6 is 11.6 Å². The Hall–Kier alpha value is -1.35. The maximum Gasteiger partial charge on any atom is 0.152 e. The fourth-order valence-corrected chi connectivity index (χ4v) is 2.01. The van der Waals surface area contributed by atoms with E-state index in [4.69, 9.17) is 11.6 Å². The number of benzene rings is 1. The van der Waals surface area contributed by atoms with Gasteiger partial charge in [0.05, 0.1) is 5.88 Å². The van der Waals surface area contributed by atoms with Crippen LogP contribution in [0.2, 0.25) is 0 Å². The van der Waals surface area contributed by atoms with E-state index in [0.29, 0.717) is 11.8 Å². The lowest BCUT2D eigenvalue weighted by atomic mass is 10.0. The van der Waals surface area contributed by atoms with E-state index in [0.717, 1.165) is 17.3 Å². The summed E-state index contributed by atoms with van der Waals surface area (Å²) in [5.74, 6) is 2.55. The second kappa shape index (κ2) is 4.88. The van der Waals surface area contributed by atoms with Crippen LogP contribution in [0.25, 0.3) is 5.69 Å². The summed E-state index contributed by atoms with van der Waals surface area (Å²) in [6, 6.07) is 8.44. The van der Waals surface area contributed by atoms with E-state index in [9.17, 15) is 0 Å². The number of nitrogens with zero attached hydrogens (tertiary/aromatic N) is 3. The van der Waals surface area contributed by atoms with Crippen molar-refractivity contribution in [1.82, 2.24) is 14.8 Å². The summed E-state index contributed by atoms with van der Waals surface area (Å²) in [7, 11) is 0.